The molecular weight excluding hydrogens is 226 g/mol. The van der Waals surface area contributed by atoms with Crippen molar-refractivity contribution in [2.45, 2.75) is 40.2 Å². The first kappa shape index (κ1) is 14.5. The summed E-state index contributed by atoms with van der Waals surface area (Å²) >= 11 is 0. The molecule has 18 heavy (non-hydrogen) atoms. The second-order valence-corrected chi connectivity index (χ2v) is 5.31. The van der Waals surface area contributed by atoms with Crippen LogP contribution in [0.15, 0.2) is 18.2 Å². The molecule has 0 heterocycles. The van der Waals surface area contributed by atoms with Crippen LogP contribution in [0.2, 0.25) is 0 Å². The molecule has 0 unspecified atom stereocenters. The Bertz CT molecular complexity index is 444. The summed E-state index contributed by atoms with van der Waals surface area (Å²) in [6.07, 6.45) is 0.112. The number of aryl methyl sites for hydroxylation is 1. The minimum atomic E-state index is -0.551. The predicted molar refractivity (Wildman–Crippen MR) is 71.3 cm³/mol. The summed E-state index contributed by atoms with van der Waals surface area (Å²) in [4.78, 5) is 0. The fraction of sp³-hybridized carbons (Fsp3) is 0.533. The van der Waals surface area contributed by atoms with E-state index < -0.39 is 6.10 Å². The molecule has 0 fully saturated rings. The third-order valence-corrected chi connectivity index (χ3v) is 2.91. The summed E-state index contributed by atoms with van der Waals surface area (Å²) in [5.74, 6) is 0.707. The molecule has 0 aromatic heterocycles. The zero-order valence-electron chi connectivity index (χ0n) is 11.5. The Morgan fingerprint density at radius 3 is 2.67 bits per heavy atom. The van der Waals surface area contributed by atoms with Crippen LogP contribution >= 0.6 is 0 Å². The maximum absolute atomic E-state index is 9.67. The summed E-state index contributed by atoms with van der Waals surface area (Å²) < 4.78 is 5.71. The van der Waals surface area contributed by atoms with E-state index >= 15 is 0 Å². The Morgan fingerprint density at radius 1 is 1.44 bits per heavy atom. The van der Waals surface area contributed by atoms with Crippen molar-refractivity contribution < 1.29 is 9.84 Å². The number of aliphatic hydroxyl groups is 1. The van der Waals surface area contributed by atoms with Gasteiger partial charge in [-0.3, -0.25) is 0 Å². The molecule has 3 nitrogen and oxygen atoms in total. The third kappa shape index (κ3) is 4.05. The molecule has 0 spiro atoms. The molecule has 0 saturated heterocycles. The molecule has 1 aromatic rings. The minimum Gasteiger partial charge on any atom is -0.493 e. The average molecular weight is 247 g/mol. The zero-order valence-corrected chi connectivity index (χ0v) is 11.5. The first-order chi connectivity index (χ1) is 8.35. The van der Waals surface area contributed by atoms with Gasteiger partial charge in [0.05, 0.1) is 24.2 Å². The van der Waals surface area contributed by atoms with E-state index in [0.29, 0.717) is 18.8 Å². The highest BCUT2D eigenvalue weighted by Crippen LogP contribution is 2.27. The molecule has 0 aliphatic rings. The van der Waals surface area contributed by atoms with Gasteiger partial charge in [-0.25, -0.2) is 0 Å². The van der Waals surface area contributed by atoms with Crippen molar-refractivity contribution in [2.75, 3.05) is 6.61 Å². The van der Waals surface area contributed by atoms with Gasteiger partial charge in [-0.2, -0.15) is 5.26 Å². The van der Waals surface area contributed by atoms with Gasteiger partial charge in [0.1, 0.15) is 5.75 Å². The highest BCUT2D eigenvalue weighted by molar-refractivity contribution is 5.38. The Hall–Kier alpha value is -1.53. The molecule has 0 aliphatic heterocycles. The van der Waals surface area contributed by atoms with Crippen LogP contribution in [0.25, 0.3) is 0 Å². The molecule has 0 radical (unpaired) electrons. The predicted octanol–water partition coefficient (Wildman–Crippen LogP) is 3.37. The van der Waals surface area contributed by atoms with Crippen molar-refractivity contribution in [3.63, 3.8) is 0 Å². The van der Waals surface area contributed by atoms with Crippen LogP contribution in [0.5, 0.6) is 5.75 Å². The highest BCUT2D eigenvalue weighted by atomic mass is 16.5. The number of nitriles is 1. The van der Waals surface area contributed by atoms with Gasteiger partial charge in [-0.15, -0.1) is 0 Å². The van der Waals surface area contributed by atoms with E-state index in [1.54, 1.807) is 6.92 Å². The van der Waals surface area contributed by atoms with Crippen LogP contribution < -0.4 is 4.74 Å². The quantitative estimate of drug-likeness (QED) is 0.868. The minimum absolute atomic E-state index is 0.380. The van der Waals surface area contributed by atoms with E-state index in [0.717, 1.165) is 11.1 Å². The van der Waals surface area contributed by atoms with E-state index in [1.165, 1.54) is 0 Å². The number of benzene rings is 1. The molecule has 0 bridgehead atoms. The molecule has 0 saturated carbocycles. The summed E-state index contributed by atoms with van der Waals surface area (Å²) in [6, 6.07) is 8.00. The SMILES string of the molecule is Cc1ccc([C@H](C)O)c(OCCC(C)(C)C#N)c1. The van der Waals surface area contributed by atoms with E-state index in [-0.39, 0.29) is 5.41 Å². The van der Waals surface area contributed by atoms with Crippen molar-refractivity contribution in [3.05, 3.63) is 29.3 Å². The van der Waals surface area contributed by atoms with Crippen LogP contribution in [0.4, 0.5) is 0 Å². The molecule has 1 N–H and O–H groups in total. The van der Waals surface area contributed by atoms with Gasteiger partial charge in [-0.05, 0) is 45.7 Å². The van der Waals surface area contributed by atoms with E-state index in [1.807, 2.05) is 39.0 Å². The summed E-state index contributed by atoms with van der Waals surface area (Å²) in [5.41, 5.74) is 1.50. The number of aliphatic hydroxyl groups excluding tert-OH is 1. The number of hydrogen-bond donors (Lipinski definition) is 1. The lowest BCUT2D eigenvalue weighted by molar-refractivity contribution is 0.188. The van der Waals surface area contributed by atoms with E-state index in [2.05, 4.69) is 6.07 Å². The molecule has 3 heteroatoms. The third-order valence-electron chi connectivity index (χ3n) is 2.91. The van der Waals surface area contributed by atoms with Crippen molar-refractivity contribution in [1.29, 1.82) is 5.26 Å². The maximum atomic E-state index is 9.67. The standard InChI is InChI=1S/C15H21NO2/c1-11-5-6-13(12(2)17)14(9-11)18-8-7-15(3,4)10-16/h5-6,9,12,17H,7-8H2,1-4H3/t12-/m0/s1. The van der Waals surface area contributed by atoms with Crippen LogP contribution in [-0.2, 0) is 0 Å². The zero-order chi connectivity index (χ0) is 13.8. The normalized spacial score (nSPS) is 12.9. The Labute approximate surface area is 109 Å². The topological polar surface area (TPSA) is 53.2 Å². The molecule has 98 valence electrons. The second kappa shape index (κ2) is 5.88. The first-order valence-corrected chi connectivity index (χ1v) is 6.18. The lowest BCUT2D eigenvalue weighted by atomic mass is 9.92. The summed E-state index contributed by atoms with van der Waals surface area (Å²) in [6.45, 7) is 7.96. The number of ether oxygens (including phenoxy) is 1. The maximum Gasteiger partial charge on any atom is 0.125 e. The Balaban J connectivity index is 2.73. The fourth-order valence-corrected chi connectivity index (χ4v) is 1.58. The molecule has 0 amide bonds. The molecule has 0 aliphatic carbocycles. The lowest BCUT2D eigenvalue weighted by Crippen LogP contribution is -2.14. The summed E-state index contributed by atoms with van der Waals surface area (Å²) in [7, 11) is 0. The Morgan fingerprint density at radius 2 is 2.11 bits per heavy atom. The van der Waals surface area contributed by atoms with Gasteiger partial charge >= 0.3 is 0 Å². The second-order valence-electron chi connectivity index (χ2n) is 5.31. The lowest BCUT2D eigenvalue weighted by Gasteiger charge is -2.18. The van der Waals surface area contributed by atoms with Crippen LogP contribution in [0, 0.1) is 23.7 Å². The van der Waals surface area contributed by atoms with Crippen molar-refractivity contribution >= 4 is 0 Å². The van der Waals surface area contributed by atoms with Crippen LogP contribution in [-0.4, -0.2) is 11.7 Å². The van der Waals surface area contributed by atoms with Gasteiger partial charge < -0.3 is 9.84 Å². The largest absolute Gasteiger partial charge is 0.493 e. The van der Waals surface area contributed by atoms with Crippen molar-refractivity contribution in [2.24, 2.45) is 5.41 Å². The number of hydrogen-bond acceptors (Lipinski definition) is 3. The van der Waals surface area contributed by atoms with Gasteiger partial charge in [-0.1, -0.05) is 12.1 Å². The number of rotatable bonds is 5. The first-order valence-electron chi connectivity index (χ1n) is 6.18. The number of nitrogens with zero attached hydrogens (tertiary/aromatic N) is 1. The average Bonchev–Trinajstić information content (AvgIpc) is 2.28. The monoisotopic (exact) mass is 247 g/mol. The van der Waals surface area contributed by atoms with Crippen LogP contribution in [0.1, 0.15) is 44.4 Å². The van der Waals surface area contributed by atoms with Gasteiger partial charge in [0.25, 0.3) is 0 Å². The smallest absolute Gasteiger partial charge is 0.125 e. The van der Waals surface area contributed by atoms with Gasteiger partial charge in [0, 0.05) is 5.56 Å². The van der Waals surface area contributed by atoms with E-state index in [4.69, 9.17) is 10.00 Å². The van der Waals surface area contributed by atoms with E-state index in [9.17, 15) is 5.11 Å². The molecule has 1 rings (SSSR count). The van der Waals surface area contributed by atoms with Crippen molar-refractivity contribution in [1.82, 2.24) is 0 Å². The summed E-state index contributed by atoms with van der Waals surface area (Å²) in [5, 5.41) is 18.6. The van der Waals surface area contributed by atoms with Crippen molar-refractivity contribution in [3.8, 4) is 11.8 Å². The Kier molecular flexibility index (Phi) is 4.75. The highest BCUT2D eigenvalue weighted by Gasteiger charge is 2.17. The molecular formula is C15H21NO2. The van der Waals surface area contributed by atoms with Crippen LogP contribution in [0.3, 0.4) is 0 Å². The molecule has 1 atom stereocenters. The van der Waals surface area contributed by atoms with Gasteiger partial charge in [0.2, 0.25) is 0 Å². The van der Waals surface area contributed by atoms with Gasteiger partial charge in [0.15, 0.2) is 0 Å². The molecule has 1 aromatic carbocycles. The fourth-order valence-electron chi connectivity index (χ4n) is 1.58.